The Balaban J connectivity index is 1.57. The fraction of sp³-hybridized carbons (Fsp3) is 0.500. The lowest BCUT2D eigenvalue weighted by molar-refractivity contribution is 0.0617. The summed E-state index contributed by atoms with van der Waals surface area (Å²) in [5.41, 5.74) is 0.440. The molecule has 0 saturated carbocycles. The van der Waals surface area contributed by atoms with E-state index < -0.39 is 0 Å². The summed E-state index contributed by atoms with van der Waals surface area (Å²) in [5.74, 6) is 1.50. The van der Waals surface area contributed by atoms with Crippen LogP contribution in [-0.2, 0) is 13.6 Å². The van der Waals surface area contributed by atoms with Crippen molar-refractivity contribution in [2.75, 3.05) is 26.2 Å². The molecule has 0 aromatic carbocycles. The van der Waals surface area contributed by atoms with Gasteiger partial charge in [0.2, 0.25) is 5.88 Å². The molecular weight excluding hydrogens is 318 g/mol. The summed E-state index contributed by atoms with van der Waals surface area (Å²) in [6.07, 6.45) is 3.80. The van der Waals surface area contributed by atoms with Crippen molar-refractivity contribution < 1.29 is 9.53 Å². The third-order valence-corrected chi connectivity index (χ3v) is 4.24. The highest BCUT2D eigenvalue weighted by Gasteiger charge is 2.23. The number of amides is 1. The van der Waals surface area contributed by atoms with Crippen LogP contribution in [0.5, 0.6) is 5.88 Å². The molecule has 2 aromatic heterocycles. The molecule has 0 bridgehead atoms. The minimum absolute atomic E-state index is 0.0347. The van der Waals surface area contributed by atoms with Crippen molar-refractivity contribution in [2.45, 2.75) is 26.5 Å². The molecule has 2 aromatic rings. The minimum atomic E-state index is -0.0363. The van der Waals surface area contributed by atoms with E-state index in [4.69, 9.17) is 4.74 Å². The molecule has 7 heteroatoms. The van der Waals surface area contributed by atoms with E-state index in [9.17, 15) is 4.79 Å². The first-order valence-corrected chi connectivity index (χ1v) is 8.64. The van der Waals surface area contributed by atoms with Gasteiger partial charge in [-0.2, -0.15) is 0 Å². The second-order valence-electron chi connectivity index (χ2n) is 6.55. The quantitative estimate of drug-likeness (QED) is 0.824. The molecule has 0 atom stereocenters. The van der Waals surface area contributed by atoms with Gasteiger partial charge < -0.3 is 14.2 Å². The van der Waals surface area contributed by atoms with Gasteiger partial charge in [-0.05, 0) is 19.9 Å². The van der Waals surface area contributed by atoms with Gasteiger partial charge in [0.25, 0.3) is 5.91 Å². The van der Waals surface area contributed by atoms with Crippen molar-refractivity contribution in [3.8, 4) is 5.88 Å². The molecule has 1 saturated heterocycles. The number of carbonyl (C=O) groups is 1. The van der Waals surface area contributed by atoms with Crippen molar-refractivity contribution in [3.05, 3.63) is 42.1 Å². The summed E-state index contributed by atoms with van der Waals surface area (Å²) in [4.78, 5) is 25.6. The maximum absolute atomic E-state index is 12.7. The maximum Gasteiger partial charge on any atom is 0.272 e. The lowest BCUT2D eigenvalue weighted by atomic mass is 10.2. The number of ether oxygens (including phenoxy) is 1. The third-order valence-electron chi connectivity index (χ3n) is 4.24. The Labute approximate surface area is 148 Å². The molecule has 0 unspecified atom stereocenters. The number of pyridine rings is 1. The zero-order valence-electron chi connectivity index (χ0n) is 15.1. The fourth-order valence-corrected chi connectivity index (χ4v) is 2.86. The molecular formula is C18H25N5O2. The number of rotatable bonds is 5. The van der Waals surface area contributed by atoms with Gasteiger partial charge in [-0.3, -0.25) is 9.69 Å². The van der Waals surface area contributed by atoms with Crippen LogP contribution in [0, 0.1) is 0 Å². The lowest BCUT2D eigenvalue weighted by Gasteiger charge is -2.34. The van der Waals surface area contributed by atoms with E-state index in [1.165, 1.54) is 0 Å². The molecule has 1 amide bonds. The Morgan fingerprint density at radius 1 is 1.24 bits per heavy atom. The number of imidazole rings is 1. The standard InChI is InChI=1S/C18H25N5O2/c1-14(2)25-17-6-4-5-15(20-17)18(24)23-11-9-22(10-12-23)13-16-19-7-8-21(16)3/h4-8,14H,9-13H2,1-3H3. The highest BCUT2D eigenvalue weighted by atomic mass is 16.5. The largest absolute Gasteiger partial charge is 0.475 e. The molecule has 25 heavy (non-hydrogen) atoms. The van der Waals surface area contributed by atoms with E-state index in [1.807, 2.05) is 48.8 Å². The van der Waals surface area contributed by atoms with Crippen molar-refractivity contribution in [2.24, 2.45) is 7.05 Å². The van der Waals surface area contributed by atoms with E-state index >= 15 is 0 Å². The normalized spacial score (nSPS) is 15.6. The van der Waals surface area contributed by atoms with Crippen LogP contribution in [-0.4, -0.2) is 62.5 Å². The van der Waals surface area contributed by atoms with E-state index in [-0.39, 0.29) is 12.0 Å². The predicted molar refractivity (Wildman–Crippen MR) is 94.4 cm³/mol. The number of aromatic nitrogens is 3. The van der Waals surface area contributed by atoms with Crippen LogP contribution in [0.15, 0.2) is 30.6 Å². The summed E-state index contributed by atoms with van der Waals surface area (Å²) < 4.78 is 7.61. The summed E-state index contributed by atoms with van der Waals surface area (Å²) in [7, 11) is 2.00. The maximum atomic E-state index is 12.7. The van der Waals surface area contributed by atoms with Gasteiger partial charge in [0.1, 0.15) is 11.5 Å². The molecule has 1 aliphatic rings. The van der Waals surface area contributed by atoms with E-state index in [0.29, 0.717) is 24.7 Å². The number of hydrogen-bond acceptors (Lipinski definition) is 5. The van der Waals surface area contributed by atoms with Crippen LogP contribution in [0.4, 0.5) is 0 Å². The van der Waals surface area contributed by atoms with Gasteiger partial charge in [-0.25, -0.2) is 9.97 Å². The summed E-state index contributed by atoms with van der Waals surface area (Å²) in [5, 5.41) is 0. The minimum Gasteiger partial charge on any atom is -0.475 e. The van der Waals surface area contributed by atoms with Gasteiger partial charge >= 0.3 is 0 Å². The van der Waals surface area contributed by atoms with Crippen molar-refractivity contribution in [1.29, 1.82) is 0 Å². The van der Waals surface area contributed by atoms with Crippen molar-refractivity contribution >= 4 is 5.91 Å². The molecule has 0 spiro atoms. The molecule has 7 nitrogen and oxygen atoms in total. The monoisotopic (exact) mass is 343 g/mol. The Hall–Kier alpha value is -2.41. The van der Waals surface area contributed by atoms with Crippen LogP contribution in [0.2, 0.25) is 0 Å². The van der Waals surface area contributed by atoms with Gasteiger partial charge in [0, 0.05) is 51.7 Å². The molecule has 0 N–H and O–H groups in total. The Morgan fingerprint density at radius 3 is 2.64 bits per heavy atom. The molecule has 1 aliphatic heterocycles. The van der Waals surface area contributed by atoms with Crippen molar-refractivity contribution in [3.63, 3.8) is 0 Å². The lowest BCUT2D eigenvalue weighted by Crippen LogP contribution is -2.48. The fourth-order valence-electron chi connectivity index (χ4n) is 2.86. The topological polar surface area (TPSA) is 63.5 Å². The Bertz CT molecular complexity index is 720. The molecule has 3 rings (SSSR count). The van der Waals surface area contributed by atoms with Crippen LogP contribution in [0.3, 0.4) is 0 Å². The first kappa shape index (κ1) is 17.4. The van der Waals surface area contributed by atoms with E-state index in [1.54, 1.807) is 12.1 Å². The summed E-state index contributed by atoms with van der Waals surface area (Å²) >= 11 is 0. The molecule has 134 valence electrons. The van der Waals surface area contributed by atoms with Crippen LogP contribution >= 0.6 is 0 Å². The SMILES string of the molecule is CC(C)Oc1cccc(C(=O)N2CCN(Cc3nccn3C)CC2)n1. The smallest absolute Gasteiger partial charge is 0.272 e. The van der Waals surface area contributed by atoms with E-state index in [0.717, 1.165) is 25.5 Å². The first-order valence-electron chi connectivity index (χ1n) is 8.64. The zero-order valence-corrected chi connectivity index (χ0v) is 15.1. The summed E-state index contributed by atoms with van der Waals surface area (Å²) in [6.45, 7) is 7.75. The second-order valence-corrected chi connectivity index (χ2v) is 6.55. The Kier molecular flexibility index (Phi) is 5.33. The zero-order chi connectivity index (χ0) is 17.8. The van der Waals surface area contributed by atoms with Crippen LogP contribution in [0.1, 0.15) is 30.2 Å². The highest BCUT2D eigenvalue weighted by molar-refractivity contribution is 5.92. The number of carbonyl (C=O) groups excluding carboxylic acids is 1. The van der Waals surface area contributed by atoms with Crippen LogP contribution < -0.4 is 4.74 Å². The summed E-state index contributed by atoms with van der Waals surface area (Å²) in [6, 6.07) is 5.34. The number of hydrogen-bond donors (Lipinski definition) is 0. The first-order chi connectivity index (χ1) is 12.0. The van der Waals surface area contributed by atoms with E-state index in [2.05, 4.69) is 14.9 Å². The highest BCUT2D eigenvalue weighted by Crippen LogP contribution is 2.13. The number of piperazine rings is 1. The molecule has 3 heterocycles. The average molecular weight is 343 g/mol. The van der Waals surface area contributed by atoms with Gasteiger partial charge in [-0.15, -0.1) is 0 Å². The third kappa shape index (κ3) is 4.36. The molecule has 0 aliphatic carbocycles. The Morgan fingerprint density at radius 2 is 2.00 bits per heavy atom. The molecule has 0 radical (unpaired) electrons. The second kappa shape index (κ2) is 7.65. The van der Waals surface area contributed by atoms with Gasteiger partial charge in [0.05, 0.1) is 12.6 Å². The number of aryl methyl sites for hydroxylation is 1. The average Bonchev–Trinajstić information content (AvgIpc) is 2.99. The number of nitrogens with zero attached hydrogens (tertiary/aromatic N) is 5. The van der Waals surface area contributed by atoms with Gasteiger partial charge in [0.15, 0.2) is 0 Å². The molecule has 1 fully saturated rings. The van der Waals surface area contributed by atoms with Crippen LogP contribution in [0.25, 0.3) is 0 Å². The van der Waals surface area contributed by atoms with Crippen molar-refractivity contribution in [1.82, 2.24) is 24.3 Å². The predicted octanol–water partition coefficient (Wildman–Crippen LogP) is 1.56. The van der Waals surface area contributed by atoms with Gasteiger partial charge in [-0.1, -0.05) is 6.07 Å².